The van der Waals surface area contributed by atoms with E-state index in [1.807, 2.05) is 0 Å². The Hall–Kier alpha value is -2.14. The van der Waals surface area contributed by atoms with Crippen LogP contribution in [-0.2, 0) is 4.79 Å². The van der Waals surface area contributed by atoms with E-state index < -0.39 is 11.5 Å². The average Bonchev–Trinajstić information content (AvgIpc) is 3.37. The summed E-state index contributed by atoms with van der Waals surface area (Å²) in [5.41, 5.74) is 0.718. The summed E-state index contributed by atoms with van der Waals surface area (Å²) in [7, 11) is 1.50. The van der Waals surface area contributed by atoms with Crippen molar-refractivity contribution in [2.45, 2.75) is 38.1 Å². The van der Waals surface area contributed by atoms with Crippen LogP contribution in [0.4, 0.5) is 0 Å². The number of carbonyl (C=O) groups is 2. The van der Waals surface area contributed by atoms with Gasteiger partial charge in [-0.2, -0.15) is 0 Å². The molecular weight excluding hydrogens is 328 g/mol. The van der Waals surface area contributed by atoms with Crippen LogP contribution in [0.25, 0.3) is 10.9 Å². The van der Waals surface area contributed by atoms with E-state index in [9.17, 15) is 14.7 Å². The molecular formula is C18H19ClN2O3. The molecule has 1 aromatic carbocycles. The fraction of sp³-hybridized carbons (Fsp3) is 0.389. The standard InChI is InChI=1S/C18H19ClN2O3/c1-18(2,17(23)24)21(3)16(22)13-9-15(10-4-5-10)20-14-7-6-11(19)8-12(13)14/h6-10H,4-5H2,1-3H3,(H,23,24). The number of carboxylic acid groups (broad SMARTS) is 1. The summed E-state index contributed by atoms with van der Waals surface area (Å²) in [5, 5.41) is 10.5. The average molecular weight is 347 g/mol. The third-order valence-corrected chi connectivity index (χ3v) is 4.92. The molecule has 0 bridgehead atoms. The van der Waals surface area contributed by atoms with Crippen LogP contribution in [0.3, 0.4) is 0 Å². The zero-order valence-corrected chi connectivity index (χ0v) is 14.6. The molecule has 0 saturated heterocycles. The van der Waals surface area contributed by atoms with E-state index in [2.05, 4.69) is 4.98 Å². The molecule has 1 aromatic heterocycles. The molecule has 1 fully saturated rings. The third-order valence-electron chi connectivity index (χ3n) is 4.68. The van der Waals surface area contributed by atoms with Gasteiger partial charge in [0.25, 0.3) is 5.91 Å². The number of nitrogens with zero attached hydrogens (tertiary/aromatic N) is 2. The Morgan fingerprint density at radius 3 is 2.54 bits per heavy atom. The van der Waals surface area contributed by atoms with Gasteiger partial charge >= 0.3 is 5.97 Å². The minimum absolute atomic E-state index is 0.348. The molecule has 126 valence electrons. The lowest BCUT2D eigenvalue weighted by atomic mass is 10.00. The smallest absolute Gasteiger partial charge is 0.329 e. The van der Waals surface area contributed by atoms with Gasteiger partial charge in [-0.25, -0.2) is 4.79 Å². The van der Waals surface area contributed by atoms with Crippen molar-refractivity contribution in [1.82, 2.24) is 9.88 Å². The number of hydrogen-bond acceptors (Lipinski definition) is 3. The summed E-state index contributed by atoms with van der Waals surface area (Å²) in [6.45, 7) is 3.01. The zero-order valence-electron chi connectivity index (χ0n) is 13.8. The first-order chi connectivity index (χ1) is 11.2. The number of likely N-dealkylation sites (N-methyl/N-ethyl adjacent to an activating group) is 1. The van der Waals surface area contributed by atoms with E-state index in [4.69, 9.17) is 11.6 Å². The van der Waals surface area contributed by atoms with Gasteiger partial charge in [0.2, 0.25) is 0 Å². The fourth-order valence-electron chi connectivity index (χ4n) is 2.56. The van der Waals surface area contributed by atoms with Crippen molar-refractivity contribution in [2.75, 3.05) is 7.05 Å². The molecule has 1 aliphatic carbocycles. The van der Waals surface area contributed by atoms with Crippen LogP contribution in [-0.4, -0.2) is 39.5 Å². The molecule has 1 N–H and O–H groups in total. The Morgan fingerprint density at radius 2 is 1.96 bits per heavy atom. The van der Waals surface area contributed by atoms with Crippen LogP contribution in [0, 0.1) is 0 Å². The number of aliphatic carboxylic acids is 1. The molecule has 5 nitrogen and oxygen atoms in total. The zero-order chi connectivity index (χ0) is 17.6. The lowest BCUT2D eigenvalue weighted by Gasteiger charge is -2.32. The highest BCUT2D eigenvalue weighted by Gasteiger charge is 2.36. The molecule has 0 spiro atoms. The van der Waals surface area contributed by atoms with E-state index >= 15 is 0 Å². The molecule has 6 heteroatoms. The first kappa shape index (κ1) is 16.7. The molecule has 0 unspecified atom stereocenters. The Labute approximate surface area is 145 Å². The Morgan fingerprint density at radius 1 is 1.29 bits per heavy atom. The van der Waals surface area contributed by atoms with Gasteiger partial charge in [-0.3, -0.25) is 9.78 Å². The number of halogens is 1. The maximum absolute atomic E-state index is 13.0. The predicted molar refractivity (Wildman–Crippen MR) is 92.5 cm³/mol. The molecule has 1 aliphatic rings. The first-order valence-electron chi connectivity index (χ1n) is 7.83. The van der Waals surface area contributed by atoms with E-state index in [1.165, 1.54) is 25.8 Å². The van der Waals surface area contributed by atoms with Gasteiger partial charge in [0.15, 0.2) is 0 Å². The summed E-state index contributed by atoms with van der Waals surface area (Å²) < 4.78 is 0. The Bertz CT molecular complexity index is 844. The fourth-order valence-corrected chi connectivity index (χ4v) is 2.73. The van der Waals surface area contributed by atoms with Crippen LogP contribution >= 0.6 is 11.6 Å². The van der Waals surface area contributed by atoms with Crippen molar-refractivity contribution in [2.24, 2.45) is 0 Å². The van der Waals surface area contributed by atoms with Gasteiger partial charge in [-0.05, 0) is 51.0 Å². The lowest BCUT2D eigenvalue weighted by Crippen LogP contribution is -2.50. The second kappa shape index (κ2) is 5.74. The molecule has 3 rings (SSSR count). The normalized spacial score (nSPS) is 14.7. The molecule has 1 amide bonds. The van der Waals surface area contributed by atoms with Crippen LogP contribution in [0.1, 0.15) is 48.7 Å². The summed E-state index contributed by atoms with van der Waals surface area (Å²) in [4.78, 5) is 30.4. The second-order valence-corrected chi connectivity index (χ2v) is 7.20. The van der Waals surface area contributed by atoms with Gasteiger partial charge in [0, 0.05) is 29.1 Å². The number of carbonyl (C=O) groups excluding carboxylic acids is 1. The number of pyridine rings is 1. The van der Waals surface area contributed by atoms with Crippen LogP contribution in [0.15, 0.2) is 24.3 Å². The number of hydrogen-bond donors (Lipinski definition) is 1. The largest absolute Gasteiger partial charge is 0.480 e. The first-order valence-corrected chi connectivity index (χ1v) is 8.21. The lowest BCUT2D eigenvalue weighted by molar-refractivity contribution is -0.147. The summed E-state index contributed by atoms with van der Waals surface area (Å²) in [6.07, 6.45) is 2.13. The third kappa shape index (κ3) is 2.84. The van der Waals surface area contributed by atoms with Gasteiger partial charge in [-0.1, -0.05) is 11.6 Å². The van der Waals surface area contributed by atoms with Crippen LogP contribution in [0.2, 0.25) is 5.02 Å². The van der Waals surface area contributed by atoms with E-state index in [0.717, 1.165) is 18.5 Å². The van der Waals surface area contributed by atoms with Gasteiger partial charge in [0.05, 0.1) is 11.1 Å². The number of benzene rings is 1. The summed E-state index contributed by atoms with van der Waals surface area (Å²) in [5.74, 6) is -1.02. The SMILES string of the molecule is CN(C(=O)c1cc(C2CC2)nc2ccc(Cl)cc12)C(C)(C)C(=O)O. The molecule has 0 radical (unpaired) electrons. The van der Waals surface area contributed by atoms with Crippen LogP contribution < -0.4 is 0 Å². The molecule has 2 aromatic rings. The van der Waals surface area contributed by atoms with Crippen molar-refractivity contribution in [3.8, 4) is 0 Å². The second-order valence-electron chi connectivity index (χ2n) is 6.76. The van der Waals surface area contributed by atoms with Crippen LogP contribution in [0.5, 0.6) is 0 Å². The van der Waals surface area contributed by atoms with Crippen molar-refractivity contribution in [1.29, 1.82) is 0 Å². The highest BCUT2D eigenvalue weighted by molar-refractivity contribution is 6.31. The van der Waals surface area contributed by atoms with E-state index in [1.54, 1.807) is 24.3 Å². The Kier molecular flexibility index (Phi) is 4.00. The van der Waals surface area contributed by atoms with Crippen molar-refractivity contribution < 1.29 is 14.7 Å². The molecule has 0 aliphatic heterocycles. The molecule has 1 saturated carbocycles. The van der Waals surface area contributed by atoms with E-state index in [0.29, 0.717) is 27.4 Å². The van der Waals surface area contributed by atoms with Gasteiger partial charge in [0.1, 0.15) is 5.54 Å². The Balaban J connectivity index is 2.14. The summed E-state index contributed by atoms with van der Waals surface area (Å²) in [6, 6.07) is 7.03. The quantitative estimate of drug-likeness (QED) is 0.916. The highest BCUT2D eigenvalue weighted by Crippen LogP contribution is 2.40. The van der Waals surface area contributed by atoms with Crippen molar-refractivity contribution in [3.63, 3.8) is 0 Å². The molecule has 1 heterocycles. The van der Waals surface area contributed by atoms with Gasteiger partial charge < -0.3 is 10.0 Å². The predicted octanol–water partition coefficient (Wildman–Crippen LogP) is 3.70. The number of fused-ring (bicyclic) bond motifs is 1. The molecule has 24 heavy (non-hydrogen) atoms. The minimum atomic E-state index is -1.31. The monoisotopic (exact) mass is 346 g/mol. The maximum Gasteiger partial charge on any atom is 0.329 e. The van der Waals surface area contributed by atoms with E-state index in [-0.39, 0.29) is 5.91 Å². The van der Waals surface area contributed by atoms with Crippen molar-refractivity contribution >= 4 is 34.4 Å². The number of amides is 1. The van der Waals surface area contributed by atoms with Gasteiger partial charge in [-0.15, -0.1) is 0 Å². The number of aromatic nitrogens is 1. The highest BCUT2D eigenvalue weighted by atomic mass is 35.5. The minimum Gasteiger partial charge on any atom is -0.480 e. The number of rotatable bonds is 4. The topological polar surface area (TPSA) is 70.5 Å². The summed E-state index contributed by atoms with van der Waals surface area (Å²) >= 11 is 6.08. The maximum atomic E-state index is 13.0. The molecule has 0 atom stereocenters. The number of carboxylic acids is 1. The van der Waals surface area contributed by atoms with Crippen molar-refractivity contribution in [3.05, 3.63) is 40.5 Å².